The van der Waals surface area contributed by atoms with E-state index in [0.29, 0.717) is 18.1 Å². The van der Waals surface area contributed by atoms with Crippen molar-refractivity contribution in [3.63, 3.8) is 0 Å². The van der Waals surface area contributed by atoms with Crippen LogP contribution < -0.4 is 10.6 Å². The van der Waals surface area contributed by atoms with Crippen LogP contribution in [0.3, 0.4) is 0 Å². The number of nitrogens with two attached hydrogens (primary N) is 1. The predicted molar refractivity (Wildman–Crippen MR) is 99.7 cm³/mol. The van der Waals surface area contributed by atoms with Gasteiger partial charge in [0.25, 0.3) is 0 Å². The normalized spacial score (nSPS) is 20.2. The van der Waals surface area contributed by atoms with Gasteiger partial charge in [-0.1, -0.05) is 17.7 Å². The summed E-state index contributed by atoms with van der Waals surface area (Å²) >= 11 is 7.86. The minimum atomic E-state index is -0.339. The summed E-state index contributed by atoms with van der Waals surface area (Å²) in [4.78, 5) is 10.9. The second kappa shape index (κ2) is 6.71. The van der Waals surface area contributed by atoms with Crippen LogP contribution in [0.4, 0.5) is 10.2 Å². The minimum Gasteiger partial charge on any atom is -0.354 e. The lowest BCUT2D eigenvalue weighted by Gasteiger charge is -2.18. The lowest BCUT2D eigenvalue weighted by atomic mass is 9.95. The quantitative estimate of drug-likeness (QED) is 0.754. The van der Waals surface area contributed by atoms with Crippen molar-refractivity contribution in [1.29, 1.82) is 0 Å². The maximum Gasteiger partial charge on any atom is 0.132 e. The molecule has 0 amide bonds. The first-order valence-corrected chi connectivity index (χ1v) is 9.24. The molecule has 128 valence electrons. The molecule has 0 unspecified atom stereocenters. The molecule has 3 heterocycles. The van der Waals surface area contributed by atoms with Crippen molar-refractivity contribution < 1.29 is 4.39 Å². The minimum absolute atomic E-state index is 0.0349. The van der Waals surface area contributed by atoms with E-state index in [1.807, 2.05) is 17.5 Å². The number of rotatable bonds is 3. The van der Waals surface area contributed by atoms with Gasteiger partial charge in [0, 0.05) is 47.1 Å². The van der Waals surface area contributed by atoms with Crippen LogP contribution in [0.1, 0.15) is 11.5 Å². The highest BCUT2D eigenvalue weighted by Gasteiger charge is 2.33. The van der Waals surface area contributed by atoms with Gasteiger partial charge in [-0.2, -0.15) is 11.3 Å². The van der Waals surface area contributed by atoms with Crippen molar-refractivity contribution in [3.8, 4) is 11.3 Å². The Morgan fingerprint density at radius 1 is 1.20 bits per heavy atom. The molecule has 0 saturated carbocycles. The first kappa shape index (κ1) is 16.4. The second-order valence-electron chi connectivity index (χ2n) is 6.11. The van der Waals surface area contributed by atoms with Gasteiger partial charge in [0.15, 0.2) is 0 Å². The Morgan fingerprint density at radius 3 is 2.84 bits per heavy atom. The molecule has 1 saturated heterocycles. The zero-order chi connectivity index (χ0) is 17.4. The fourth-order valence-electron chi connectivity index (χ4n) is 3.24. The molecule has 2 atom stereocenters. The van der Waals surface area contributed by atoms with Gasteiger partial charge in [0.05, 0.1) is 5.69 Å². The van der Waals surface area contributed by atoms with Crippen LogP contribution in [0, 0.1) is 5.82 Å². The highest BCUT2D eigenvalue weighted by atomic mass is 35.5. The third-order valence-electron chi connectivity index (χ3n) is 4.52. The van der Waals surface area contributed by atoms with Crippen LogP contribution in [0.5, 0.6) is 0 Å². The summed E-state index contributed by atoms with van der Waals surface area (Å²) in [7, 11) is 0. The molecular formula is C18H16ClFN4S. The van der Waals surface area contributed by atoms with Crippen LogP contribution in [-0.2, 0) is 0 Å². The van der Waals surface area contributed by atoms with E-state index in [1.165, 1.54) is 12.1 Å². The Balaban J connectivity index is 1.60. The maximum absolute atomic E-state index is 13.3. The van der Waals surface area contributed by atoms with Crippen molar-refractivity contribution in [2.75, 3.05) is 18.0 Å². The highest BCUT2D eigenvalue weighted by Crippen LogP contribution is 2.34. The zero-order valence-electron chi connectivity index (χ0n) is 13.3. The Bertz CT molecular complexity index is 887. The second-order valence-corrected chi connectivity index (χ2v) is 7.30. The first-order chi connectivity index (χ1) is 12.1. The van der Waals surface area contributed by atoms with Gasteiger partial charge in [-0.15, -0.1) is 0 Å². The molecule has 4 nitrogen and oxygen atoms in total. The molecule has 1 aliphatic heterocycles. The predicted octanol–water partition coefficient (Wildman–Crippen LogP) is 3.93. The summed E-state index contributed by atoms with van der Waals surface area (Å²) in [6.45, 7) is 1.35. The topological polar surface area (TPSA) is 55.0 Å². The molecule has 0 aliphatic carbocycles. The third kappa shape index (κ3) is 3.25. The number of hydrogen-bond acceptors (Lipinski definition) is 5. The number of nitrogens with zero attached hydrogens (tertiary/aromatic N) is 3. The van der Waals surface area contributed by atoms with Gasteiger partial charge in [0.2, 0.25) is 0 Å². The summed E-state index contributed by atoms with van der Waals surface area (Å²) in [5.41, 5.74) is 9.19. The fraction of sp³-hybridized carbons (Fsp3) is 0.222. The summed E-state index contributed by atoms with van der Waals surface area (Å²) in [6, 6.07) is 8.41. The standard InChI is InChI=1S/C18H16ClFN4S/c19-15-5-12(20)1-2-13(15)14-7-24(8-16(14)21)18-6-17(22-10-23-18)11-3-4-25-9-11/h1-6,9-10,14,16H,7-8,21H2/t14-,16+/m1/s1. The molecule has 1 fully saturated rings. The van der Waals surface area contributed by atoms with E-state index < -0.39 is 0 Å². The van der Waals surface area contributed by atoms with Gasteiger partial charge in [0.1, 0.15) is 18.0 Å². The average Bonchev–Trinajstić information content (AvgIpc) is 3.25. The smallest absolute Gasteiger partial charge is 0.132 e. The molecular weight excluding hydrogens is 359 g/mol. The van der Waals surface area contributed by atoms with E-state index in [1.54, 1.807) is 23.7 Å². The molecule has 0 spiro atoms. The largest absolute Gasteiger partial charge is 0.354 e. The molecule has 0 radical (unpaired) electrons. The van der Waals surface area contributed by atoms with E-state index >= 15 is 0 Å². The highest BCUT2D eigenvalue weighted by molar-refractivity contribution is 7.08. The summed E-state index contributed by atoms with van der Waals surface area (Å²) in [6.07, 6.45) is 1.58. The fourth-order valence-corrected chi connectivity index (χ4v) is 4.19. The molecule has 1 aromatic carbocycles. The van der Waals surface area contributed by atoms with E-state index in [-0.39, 0.29) is 17.8 Å². The summed E-state index contributed by atoms with van der Waals surface area (Å²) < 4.78 is 13.3. The van der Waals surface area contributed by atoms with Crippen molar-refractivity contribution in [3.05, 3.63) is 63.8 Å². The SMILES string of the molecule is N[C@H]1CN(c2cc(-c3ccsc3)ncn2)C[C@@H]1c1ccc(F)cc1Cl. The molecule has 1 aliphatic rings. The van der Waals surface area contributed by atoms with Crippen molar-refractivity contribution >= 4 is 28.8 Å². The number of anilines is 1. The lowest BCUT2D eigenvalue weighted by Crippen LogP contribution is -2.29. The van der Waals surface area contributed by atoms with Crippen LogP contribution in [-0.4, -0.2) is 29.1 Å². The first-order valence-electron chi connectivity index (χ1n) is 7.92. The third-order valence-corrected chi connectivity index (χ3v) is 5.53. The Hall–Kier alpha value is -2.02. The lowest BCUT2D eigenvalue weighted by molar-refractivity contribution is 0.620. The van der Waals surface area contributed by atoms with E-state index in [2.05, 4.69) is 20.2 Å². The van der Waals surface area contributed by atoms with Crippen molar-refractivity contribution in [2.45, 2.75) is 12.0 Å². The maximum atomic E-state index is 13.3. The zero-order valence-corrected chi connectivity index (χ0v) is 14.8. The number of halogens is 2. The van der Waals surface area contributed by atoms with E-state index in [0.717, 1.165) is 22.6 Å². The molecule has 2 N–H and O–H groups in total. The molecule has 2 aromatic heterocycles. The van der Waals surface area contributed by atoms with Crippen molar-refractivity contribution in [1.82, 2.24) is 9.97 Å². The van der Waals surface area contributed by atoms with Gasteiger partial charge < -0.3 is 10.6 Å². The Kier molecular flexibility index (Phi) is 4.41. The Morgan fingerprint density at radius 2 is 2.08 bits per heavy atom. The van der Waals surface area contributed by atoms with Crippen LogP contribution >= 0.6 is 22.9 Å². The molecule has 0 bridgehead atoms. The van der Waals surface area contributed by atoms with Gasteiger partial charge in [-0.3, -0.25) is 0 Å². The van der Waals surface area contributed by atoms with E-state index in [4.69, 9.17) is 17.3 Å². The summed E-state index contributed by atoms with van der Waals surface area (Å²) in [5, 5.41) is 4.50. The Labute approximate surface area is 154 Å². The van der Waals surface area contributed by atoms with Gasteiger partial charge in [-0.25, -0.2) is 14.4 Å². The molecule has 3 aromatic rings. The molecule has 4 rings (SSSR count). The monoisotopic (exact) mass is 374 g/mol. The van der Waals surface area contributed by atoms with Gasteiger partial charge >= 0.3 is 0 Å². The van der Waals surface area contributed by atoms with Crippen LogP contribution in [0.15, 0.2) is 47.4 Å². The average molecular weight is 375 g/mol. The van der Waals surface area contributed by atoms with Crippen LogP contribution in [0.2, 0.25) is 5.02 Å². The summed E-state index contributed by atoms with van der Waals surface area (Å²) in [5.74, 6) is 0.536. The van der Waals surface area contributed by atoms with Crippen molar-refractivity contribution in [2.24, 2.45) is 5.73 Å². The molecule has 7 heteroatoms. The van der Waals surface area contributed by atoms with E-state index in [9.17, 15) is 4.39 Å². The number of thiophene rings is 1. The van der Waals surface area contributed by atoms with Crippen LogP contribution in [0.25, 0.3) is 11.3 Å². The number of benzene rings is 1. The molecule has 25 heavy (non-hydrogen) atoms. The van der Waals surface area contributed by atoms with Gasteiger partial charge in [-0.05, 0) is 29.1 Å². The number of aromatic nitrogens is 2. The number of hydrogen-bond donors (Lipinski definition) is 1.